The zero-order valence-electron chi connectivity index (χ0n) is 31.3. The van der Waals surface area contributed by atoms with E-state index in [2.05, 4.69) is 122 Å². The molecule has 7 aromatic rings. The lowest BCUT2D eigenvalue weighted by atomic mass is 9.76. The second-order valence-corrected chi connectivity index (χ2v) is 15.6. The molecule has 276 valence electrons. The van der Waals surface area contributed by atoms with Gasteiger partial charge in [0.2, 0.25) is 0 Å². The number of halogens is 3. The molecule has 0 bridgehead atoms. The number of allylic oxidation sites excluding steroid dienone is 12. The Kier molecular flexibility index (Phi) is 8.18. The summed E-state index contributed by atoms with van der Waals surface area (Å²) < 4.78 is 50.6. The maximum atomic E-state index is 14.1. The van der Waals surface area contributed by atoms with E-state index in [0.29, 0.717) is 17.2 Å². The zero-order valence-corrected chi connectivity index (χ0v) is 31.3. The van der Waals surface area contributed by atoms with Crippen molar-refractivity contribution in [1.29, 1.82) is 0 Å². The van der Waals surface area contributed by atoms with Gasteiger partial charge in [0.25, 0.3) is 0 Å². The van der Waals surface area contributed by atoms with Crippen LogP contribution in [0.4, 0.5) is 13.2 Å². The van der Waals surface area contributed by atoms with Crippen LogP contribution in [0.1, 0.15) is 61.8 Å². The number of alkyl halides is 3. The first-order valence-corrected chi connectivity index (χ1v) is 19.6. The van der Waals surface area contributed by atoms with E-state index in [4.69, 9.17) is 4.42 Å². The van der Waals surface area contributed by atoms with E-state index in [1.807, 2.05) is 24.3 Å². The van der Waals surface area contributed by atoms with Crippen LogP contribution in [0.3, 0.4) is 0 Å². The number of rotatable bonds is 5. The number of fused-ring (bicyclic) bond motifs is 6. The van der Waals surface area contributed by atoms with Crippen molar-refractivity contribution in [1.82, 2.24) is 4.57 Å². The quantitative estimate of drug-likeness (QED) is 0.172. The van der Waals surface area contributed by atoms with Crippen molar-refractivity contribution in [3.8, 4) is 5.69 Å². The fourth-order valence-corrected chi connectivity index (χ4v) is 8.94. The topological polar surface area (TPSA) is 18.1 Å². The molecule has 56 heavy (non-hydrogen) atoms. The average Bonchev–Trinajstić information content (AvgIpc) is 3.75. The van der Waals surface area contributed by atoms with Crippen LogP contribution in [0.2, 0.25) is 0 Å². The molecule has 0 fully saturated rings. The van der Waals surface area contributed by atoms with Crippen LogP contribution in [0.25, 0.3) is 66.2 Å². The molecule has 2 heterocycles. The zero-order chi connectivity index (χ0) is 38.1. The number of nitrogens with zero attached hydrogens (tertiary/aromatic N) is 1. The summed E-state index contributed by atoms with van der Waals surface area (Å²) in [7, 11) is 0. The van der Waals surface area contributed by atoms with Crippen molar-refractivity contribution < 1.29 is 17.6 Å². The summed E-state index contributed by atoms with van der Waals surface area (Å²) in [5, 5.41) is 3.33. The number of hydrogen-bond donors (Lipinski definition) is 0. The molecule has 2 aromatic heterocycles. The standard InChI is InChI=1S/C51H40F3NO/c1-31-13-15-35(33-9-5-3-6-10-33)25-41(31)42-26-37(16-14-32(42)2)38-18-23-49-45(28-38)46-30-40(20-24-50(46)56-49)55-47-21-17-36(34-11-7-4-8-12-34)27-43(47)44-29-39(51(52,53)54)19-22-48(44)55/h3,5-7,9-12,15-32H,4,8,13-14H2,1-2H3. The molecule has 0 amide bonds. The lowest BCUT2D eigenvalue weighted by Crippen LogP contribution is -2.13. The van der Waals surface area contributed by atoms with Crippen molar-refractivity contribution in [2.45, 2.75) is 45.7 Å². The minimum atomic E-state index is -4.45. The molecule has 0 spiro atoms. The first-order chi connectivity index (χ1) is 27.2. The largest absolute Gasteiger partial charge is 0.456 e. The molecule has 2 atom stereocenters. The number of hydrogen-bond acceptors (Lipinski definition) is 1. The first kappa shape index (κ1) is 34.4. The van der Waals surface area contributed by atoms with Gasteiger partial charge in [-0.05, 0) is 143 Å². The summed E-state index contributed by atoms with van der Waals surface area (Å²) in [5.74, 6) is 0.844. The molecule has 0 N–H and O–H groups in total. The second-order valence-electron chi connectivity index (χ2n) is 15.6. The lowest BCUT2D eigenvalue weighted by molar-refractivity contribution is -0.137. The molecule has 5 aromatic carbocycles. The Morgan fingerprint density at radius 1 is 0.571 bits per heavy atom. The van der Waals surface area contributed by atoms with Gasteiger partial charge in [0.1, 0.15) is 11.2 Å². The van der Waals surface area contributed by atoms with E-state index in [0.717, 1.165) is 86.4 Å². The van der Waals surface area contributed by atoms with Gasteiger partial charge in [0.15, 0.2) is 0 Å². The molecular weight excluding hydrogens is 700 g/mol. The number of aromatic nitrogens is 1. The Bertz CT molecular complexity index is 2920. The summed E-state index contributed by atoms with van der Waals surface area (Å²) in [4.78, 5) is 0. The van der Waals surface area contributed by atoms with Crippen molar-refractivity contribution in [2.75, 3.05) is 0 Å². The van der Waals surface area contributed by atoms with Gasteiger partial charge in [-0.2, -0.15) is 13.2 Å². The molecule has 5 heteroatoms. The minimum Gasteiger partial charge on any atom is -0.456 e. The average molecular weight is 740 g/mol. The molecule has 3 aliphatic carbocycles. The van der Waals surface area contributed by atoms with Gasteiger partial charge in [-0.1, -0.05) is 98.8 Å². The predicted molar refractivity (Wildman–Crippen MR) is 226 cm³/mol. The molecule has 2 unspecified atom stereocenters. The molecule has 2 nitrogen and oxygen atoms in total. The maximum absolute atomic E-state index is 14.1. The van der Waals surface area contributed by atoms with Crippen LogP contribution in [-0.2, 0) is 6.18 Å². The van der Waals surface area contributed by atoms with Crippen molar-refractivity contribution >= 4 is 60.5 Å². The molecule has 0 radical (unpaired) electrons. The van der Waals surface area contributed by atoms with Gasteiger partial charge in [0.05, 0.1) is 16.6 Å². The molecule has 0 saturated carbocycles. The van der Waals surface area contributed by atoms with E-state index in [1.165, 1.54) is 40.0 Å². The first-order valence-electron chi connectivity index (χ1n) is 19.6. The Morgan fingerprint density at radius 2 is 1.18 bits per heavy atom. The van der Waals surface area contributed by atoms with Crippen molar-refractivity contribution in [2.24, 2.45) is 11.8 Å². The Morgan fingerprint density at radius 3 is 1.88 bits per heavy atom. The fourth-order valence-electron chi connectivity index (χ4n) is 8.94. The molecule has 0 aliphatic heterocycles. The maximum Gasteiger partial charge on any atom is 0.416 e. The molecular formula is C51H40F3NO. The summed E-state index contributed by atoms with van der Waals surface area (Å²) >= 11 is 0. The summed E-state index contributed by atoms with van der Waals surface area (Å²) in [6.45, 7) is 4.65. The van der Waals surface area contributed by atoms with E-state index in [-0.39, 0.29) is 0 Å². The smallest absolute Gasteiger partial charge is 0.416 e. The number of furan rings is 1. The van der Waals surface area contributed by atoms with Gasteiger partial charge in [-0.15, -0.1) is 0 Å². The van der Waals surface area contributed by atoms with E-state index in [1.54, 1.807) is 6.07 Å². The van der Waals surface area contributed by atoms with Crippen molar-refractivity contribution in [3.63, 3.8) is 0 Å². The fraction of sp³-hybridized carbons (Fsp3) is 0.176. The van der Waals surface area contributed by atoms with Crippen LogP contribution >= 0.6 is 0 Å². The van der Waals surface area contributed by atoms with Gasteiger partial charge >= 0.3 is 6.18 Å². The highest BCUT2D eigenvalue weighted by Gasteiger charge is 2.31. The van der Waals surface area contributed by atoms with Crippen molar-refractivity contribution in [3.05, 3.63) is 179 Å². The van der Waals surface area contributed by atoms with Crippen LogP contribution in [0.15, 0.2) is 161 Å². The molecule has 3 aliphatic rings. The lowest BCUT2D eigenvalue weighted by Gasteiger charge is -2.29. The third-order valence-corrected chi connectivity index (χ3v) is 12.0. The van der Waals surface area contributed by atoms with Crippen LogP contribution in [-0.4, -0.2) is 4.57 Å². The van der Waals surface area contributed by atoms with Gasteiger partial charge < -0.3 is 8.98 Å². The van der Waals surface area contributed by atoms with E-state index >= 15 is 0 Å². The monoisotopic (exact) mass is 739 g/mol. The Hall–Kier alpha value is -6.07. The second kappa shape index (κ2) is 13.3. The highest BCUT2D eigenvalue weighted by atomic mass is 19.4. The Balaban J connectivity index is 1.08. The third kappa shape index (κ3) is 5.89. The molecule has 0 saturated heterocycles. The summed E-state index contributed by atoms with van der Waals surface area (Å²) in [6.07, 6.45) is 15.4. The third-order valence-electron chi connectivity index (χ3n) is 12.0. The van der Waals surface area contributed by atoms with E-state index < -0.39 is 11.7 Å². The molecule has 10 rings (SSSR count). The SMILES string of the molecule is CC1CC=C(c2ccccc2)C=C1C1=CC(c2ccc3oc4ccc(-n5c6ccc(C7=CCCC=C7)cc6c6cc(C(F)(F)F)ccc65)cc4c3c2)=CCC1C. The number of benzene rings is 5. The van der Waals surface area contributed by atoms with Gasteiger partial charge in [0, 0.05) is 27.2 Å². The van der Waals surface area contributed by atoms with Gasteiger partial charge in [-0.3, -0.25) is 0 Å². The normalized spacial score (nSPS) is 19.0. The Labute approximate surface area is 323 Å². The van der Waals surface area contributed by atoms with Crippen LogP contribution in [0.5, 0.6) is 0 Å². The van der Waals surface area contributed by atoms with Crippen LogP contribution < -0.4 is 0 Å². The predicted octanol–water partition coefficient (Wildman–Crippen LogP) is 14.8. The highest BCUT2D eigenvalue weighted by molar-refractivity contribution is 6.12. The summed E-state index contributed by atoms with van der Waals surface area (Å²) in [5.41, 5.74) is 13.1. The minimum absolute atomic E-state index is 0.411. The summed E-state index contributed by atoms with van der Waals surface area (Å²) in [6, 6.07) is 33.4. The van der Waals surface area contributed by atoms with Gasteiger partial charge in [-0.25, -0.2) is 0 Å². The highest BCUT2D eigenvalue weighted by Crippen LogP contribution is 2.43. The van der Waals surface area contributed by atoms with E-state index in [9.17, 15) is 13.2 Å². The van der Waals surface area contributed by atoms with Crippen LogP contribution in [0, 0.1) is 11.8 Å².